The van der Waals surface area contributed by atoms with Crippen molar-refractivity contribution in [2.45, 2.75) is 19.4 Å². The topological polar surface area (TPSA) is 89.3 Å². The molecule has 0 saturated heterocycles. The smallest absolute Gasteiger partial charge is 0.411 e. The molecular weight excluding hydrogens is 388 g/mol. The van der Waals surface area contributed by atoms with E-state index in [9.17, 15) is 4.79 Å². The minimum absolute atomic E-state index is 0.0202. The number of benzene rings is 2. The highest BCUT2D eigenvalue weighted by atomic mass is 35.5. The van der Waals surface area contributed by atoms with Gasteiger partial charge in [0.15, 0.2) is 0 Å². The second-order valence-corrected chi connectivity index (χ2v) is 6.85. The molecule has 0 radical (unpaired) electrons. The highest BCUT2D eigenvalue weighted by Crippen LogP contribution is 2.26. The van der Waals surface area contributed by atoms with Crippen molar-refractivity contribution in [1.82, 2.24) is 4.98 Å². The molecule has 3 rings (SSSR count). The largest absolute Gasteiger partial charge is 0.450 e. The zero-order valence-electron chi connectivity index (χ0n) is 16.1. The number of carbonyl (C=O) groups excluding carboxylic acids is 1. The van der Waals surface area contributed by atoms with E-state index in [1.54, 1.807) is 19.1 Å². The number of carbonyl (C=O) groups is 1. The fourth-order valence-electron chi connectivity index (χ4n) is 2.91. The first kappa shape index (κ1) is 20.5. The van der Waals surface area contributed by atoms with Gasteiger partial charge in [0.2, 0.25) is 0 Å². The van der Waals surface area contributed by atoms with Gasteiger partial charge < -0.3 is 15.8 Å². The van der Waals surface area contributed by atoms with Gasteiger partial charge in [-0.1, -0.05) is 54.1 Å². The molecule has 0 saturated carbocycles. The molecular formula is C22H23ClN4O2. The number of nitrogens with zero attached hydrogens (tertiary/aromatic N) is 1. The third kappa shape index (κ3) is 5.86. The van der Waals surface area contributed by atoms with Crippen LogP contribution in [0.25, 0.3) is 0 Å². The minimum Gasteiger partial charge on any atom is -0.450 e. The van der Waals surface area contributed by atoms with Crippen LogP contribution in [-0.4, -0.2) is 17.7 Å². The summed E-state index contributed by atoms with van der Waals surface area (Å²) in [4.78, 5) is 16.0. The summed E-state index contributed by atoms with van der Waals surface area (Å²) in [6.45, 7) is 2.01. The zero-order valence-corrected chi connectivity index (χ0v) is 16.8. The second-order valence-electron chi connectivity index (χ2n) is 6.41. The number of aromatic nitrogens is 1. The van der Waals surface area contributed by atoms with Crippen molar-refractivity contribution < 1.29 is 9.53 Å². The van der Waals surface area contributed by atoms with Gasteiger partial charge in [0.05, 0.1) is 18.3 Å². The zero-order chi connectivity index (χ0) is 20.6. The third-order valence-electron chi connectivity index (χ3n) is 4.31. The molecule has 7 heteroatoms. The van der Waals surface area contributed by atoms with Gasteiger partial charge in [-0.2, -0.15) is 0 Å². The quantitative estimate of drug-likeness (QED) is 0.493. The van der Waals surface area contributed by atoms with E-state index < -0.39 is 6.09 Å². The molecule has 0 aliphatic heterocycles. The van der Waals surface area contributed by atoms with Gasteiger partial charge in [0.25, 0.3) is 0 Å². The highest BCUT2D eigenvalue weighted by molar-refractivity contribution is 6.30. The minimum atomic E-state index is -0.563. The predicted octanol–water partition coefficient (Wildman–Crippen LogP) is 5.28. The number of amides is 1. The SMILES string of the molecule is CCOC(=O)Nc1ccc(NC(Cc2ccc(Cl)cc2)c2ccccc2)nc1N. The lowest BCUT2D eigenvalue weighted by Crippen LogP contribution is -2.17. The highest BCUT2D eigenvalue weighted by Gasteiger charge is 2.14. The van der Waals surface area contributed by atoms with Crippen LogP contribution >= 0.6 is 11.6 Å². The molecule has 4 N–H and O–H groups in total. The van der Waals surface area contributed by atoms with Gasteiger partial charge in [0.1, 0.15) is 11.6 Å². The van der Waals surface area contributed by atoms with Crippen LogP contribution in [0.3, 0.4) is 0 Å². The number of halogens is 1. The Balaban J connectivity index is 1.79. The molecule has 0 fully saturated rings. The Bertz CT molecular complexity index is 949. The van der Waals surface area contributed by atoms with Crippen LogP contribution in [-0.2, 0) is 11.2 Å². The average Bonchev–Trinajstić information content (AvgIpc) is 2.72. The Morgan fingerprint density at radius 1 is 1.10 bits per heavy atom. The molecule has 0 bridgehead atoms. The number of nitrogen functional groups attached to an aromatic ring is 1. The molecule has 1 unspecified atom stereocenters. The maximum atomic E-state index is 11.6. The number of rotatable bonds is 7. The summed E-state index contributed by atoms with van der Waals surface area (Å²) in [5.41, 5.74) is 8.68. The number of ether oxygens (including phenoxy) is 1. The number of hydrogen-bond acceptors (Lipinski definition) is 5. The lowest BCUT2D eigenvalue weighted by atomic mass is 9.99. The third-order valence-corrected chi connectivity index (χ3v) is 4.57. The van der Waals surface area contributed by atoms with Gasteiger partial charge in [-0.05, 0) is 48.7 Å². The Labute approximate surface area is 175 Å². The first-order valence-corrected chi connectivity index (χ1v) is 9.69. The van der Waals surface area contributed by atoms with Crippen LogP contribution in [0.2, 0.25) is 5.02 Å². The lowest BCUT2D eigenvalue weighted by molar-refractivity contribution is 0.168. The average molecular weight is 411 g/mol. The first-order valence-electron chi connectivity index (χ1n) is 9.31. The summed E-state index contributed by atoms with van der Waals surface area (Å²) in [5.74, 6) is 0.820. The number of hydrogen-bond donors (Lipinski definition) is 3. The summed E-state index contributed by atoms with van der Waals surface area (Å²) in [7, 11) is 0. The van der Waals surface area contributed by atoms with E-state index in [4.69, 9.17) is 22.1 Å². The van der Waals surface area contributed by atoms with E-state index in [-0.39, 0.29) is 18.5 Å². The molecule has 29 heavy (non-hydrogen) atoms. The van der Waals surface area contributed by atoms with Gasteiger partial charge in [-0.15, -0.1) is 0 Å². The molecule has 1 amide bonds. The summed E-state index contributed by atoms with van der Waals surface area (Å²) < 4.78 is 4.87. The Morgan fingerprint density at radius 2 is 1.83 bits per heavy atom. The Morgan fingerprint density at radius 3 is 2.48 bits per heavy atom. The van der Waals surface area contributed by atoms with Crippen LogP contribution in [0.15, 0.2) is 66.7 Å². The van der Waals surface area contributed by atoms with E-state index >= 15 is 0 Å². The maximum absolute atomic E-state index is 11.6. The summed E-state index contributed by atoms with van der Waals surface area (Å²) in [6.07, 6.45) is 0.178. The van der Waals surface area contributed by atoms with Crippen molar-refractivity contribution in [1.29, 1.82) is 0 Å². The number of pyridine rings is 1. The molecule has 0 spiro atoms. The van der Waals surface area contributed by atoms with Crippen molar-refractivity contribution in [3.05, 3.63) is 82.9 Å². The first-order chi connectivity index (χ1) is 14.0. The fraction of sp³-hybridized carbons (Fsp3) is 0.182. The summed E-state index contributed by atoms with van der Waals surface area (Å²) in [6, 6.07) is 21.3. The summed E-state index contributed by atoms with van der Waals surface area (Å²) >= 11 is 6.00. The lowest BCUT2D eigenvalue weighted by Gasteiger charge is -2.21. The molecule has 1 aromatic heterocycles. The molecule has 0 aliphatic carbocycles. The molecule has 0 aliphatic rings. The molecule has 150 valence electrons. The van der Waals surface area contributed by atoms with Crippen molar-refractivity contribution in [3.63, 3.8) is 0 Å². The molecule has 1 heterocycles. The van der Waals surface area contributed by atoms with Crippen LogP contribution in [0.5, 0.6) is 0 Å². The molecule has 2 aromatic carbocycles. The standard InChI is InChI=1S/C22H23ClN4O2/c1-2-29-22(28)26-18-12-13-20(27-21(18)24)25-19(16-6-4-3-5-7-16)14-15-8-10-17(23)11-9-15/h3-13,19H,2,14H2,1H3,(H,26,28)(H3,24,25,27). The maximum Gasteiger partial charge on any atom is 0.411 e. The van der Waals surface area contributed by atoms with E-state index in [0.717, 1.165) is 17.5 Å². The van der Waals surface area contributed by atoms with Gasteiger partial charge in [-0.25, -0.2) is 9.78 Å². The monoisotopic (exact) mass is 410 g/mol. The van der Waals surface area contributed by atoms with Gasteiger partial charge in [-0.3, -0.25) is 5.32 Å². The second kappa shape index (κ2) is 9.80. The fourth-order valence-corrected chi connectivity index (χ4v) is 3.04. The van der Waals surface area contributed by atoms with E-state index in [1.165, 1.54) is 0 Å². The normalized spacial score (nSPS) is 11.5. The van der Waals surface area contributed by atoms with Crippen LogP contribution < -0.4 is 16.4 Å². The Kier molecular flexibility index (Phi) is 6.92. The van der Waals surface area contributed by atoms with Crippen molar-refractivity contribution >= 4 is 35.0 Å². The van der Waals surface area contributed by atoms with Gasteiger partial charge in [0, 0.05) is 5.02 Å². The van der Waals surface area contributed by atoms with Crippen molar-refractivity contribution in [2.75, 3.05) is 23.0 Å². The van der Waals surface area contributed by atoms with Gasteiger partial charge >= 0.3 is 6.09 Å². The van der Waals surface area contributed by atoms with Crippen molar-refractivity contribution in [3.8, 4) is 0 Å². The van der Waals surface area contributed by atoms with Crippen LogP contribution in [0.1, 0.15) is 24.1 Å². The van der Waals surface area contributed by atoms with Crippen molar-refractivity contribution in [2.24, 2.45) is 0 Å². The molecule has 3 aromatic rings. The van der Waals surface area contributed by atoms with Crippen LogP contribution in [0.4, 0.5) is 22.1 Å². The number of nitrogens with one attached hydrogen (secondary N) is 2. The number of anilines is 3. The Hall–Kier alpha value is -3.25. The molecule has 1 atom stereocenters. The molecule has 6 nitrogen and oxygen atoms in total. The predicted molar refractivity (Wildman–Crippen MR) is 117 cm³/mol. The van der Waals surface area contributed by atoms with E-state index in [1.807, 2.05) is 42.5 Å². The van der Waals surface area contributed by atoms with Crippen LogP contribution in [0, 0.1) is 0 Å². The van der Waals surface area contributed by atoms with E-state index in [2.05, 4.69) is 27.8 Å². The summed E-state index contributed by atoms with van der Waals surface area (Å²) in [5, 5.41) is 6.72. The van der Waals surface area contributed by atoms with E-state index in [0.29, 0.717) is 16.5 Å². The number of nitrogens with two attached hydrogens (primary N) is 1.